The van der Waals surface area contributed by atoms with Crippen molar-refractivity contribution in [2.45, 2.75) is 38.9 Å². The zero-order chi connectivity index (χ0) is 18.8. The van der Waals surface area contributed by atoms with Gasteiger partial charge in [-0.05, 0) is 51.3 Å². The number of rotatable bonds is 5. The fourth-order valence-corrected chi connectivity index (χ4v) is 3.58. The van der Waals surface area contributed by atoms with Crippen LogP contribution in [0.5, 0.6) is 0 Å². The summed E-state index contributed by atoms with van der Waals surface area (Å²) in [6, 6.07) is 7.96. The Balaban J connectivity index is 1.80. The highest BCUT2D eigenvalue weighted by atomic mass is 32.2. The molecule has 2 aromatic heterocycles. The molecular formula is C19H22N4O2S. The zero-order valence-corrected chi connectivity index (χ0v) is 16.2. The van der Waals surface area contributed by atoms with Crippen LogP contribution in [0, 0.1) is 13.8 Å². The fourth-order valence-electron chi connectivity index (χ4n) is 3.16. The van der Waals surface area contributed by atoms with Crippen LogP contribution in [0.3, 0.4) is 0 Å². The Morgan fingerprint density at radius 2 is 2.08 bits per heavy atom. The lowest BCUT2D eigenvalue weighted by atomic mass is 10.1. The average Bonchev–Trinajstić information content (AvgIpc) is 2.92. The molecule has 1 aromatic carbocycles. The minimum atomic E-state index is -0.261. The Labute approximate surface area is 156 Å². The molecule has 0 spiro atoms. The molecule has 0 fully saturated rings. The maximum absolute atomic E-state index is 12.4. The summed E-state index contributed by atoms with van der Waals surface area (Å²) in [7, 11) is 0. The van der Waals surface area contributed by atoms with Crippen LogP contribution in [0.4, 0.5) is 5.69 Å². The number of nitrogens with one attached hydrogen (secondary N) is 2. The smallest absolute Gasteiger partial charge is 0.255 e. The molecular weight excluding hydrogens is 348 g/mol. The molecule has 6 nitrogen and oxygen atoms in total. The van der Waals surface area contributed by atoms with Gasteiger partial charge in [-0.1, -0.05) is 11.8 Å². The molecule has 3 rings (SSSR count). The number of carbonyl (C=O) groups excluding carboxylic acids is 1. The molecule has 0 aliphatic rings. The molecule has 3 aromatic rings. The van der Waals surface area contributed by atoms with E-state index in [1.807, 2.05) is 24.5 Å². The van der Waals surface area contributed by atoms with Crippen LogP contribution in [-0.2, 0) is 17.8 Å². The van der Waals surface area contributed by atoms with Gasteiger partial charge in [-0.2, -0.15) is 0 Å². The number of anilines is 1. The van der Waals surface area contributed by atoms with Crippen molar-refractivity contribution in [2.75, 3.05) is 11.6 Å². The Bertz CT molecular complexity index is 1040. The number of H-pyrrole nitrogens is 1. The second-order valence-electron chi connectivity index (χ2n) is 6.17. The number of benzene rings is 1. The molecule has 136 valence electrons. The third-order valence-corrected chi connectivity index (χ3v) is 5.02. The first-order valence-corrected chi connectivity index (χ1v) is 9.69. The molecule has 0 saturated carbocycles. The highest BCUT2D eigenvalue weighted by Crippen LogP contribution is 2.23. The third-order valence-electron chi connectivity index (χ3n) is 4.44. The minimum Gasteiger partial charge on any atom is -0.345 e. The highest BCUT2D eigenvalue weighted by Gasteiger charge is 2.13. The van der Waals surface area contributed by atoms with Crippen LogP contribution in [0.15, 0.2) is 34.2 Å². The summed E-state index contributed by atoms with van der Waals surface area (Å²) < 4.78 is 2.23. The number of fused-ring (bicyclic) bond motifs is 1. The van der Waals surface area contributed by atoms with E-state index in [4.69, 9.17) is 0 Å². The van der Waals surface area contributed by atoms with Crippen molar-refractivity contribution in [3.05, 3.63) is 51.6 Å². The van der Waals surface area contributed by atoms with Gasteiger partial charge < -0.3 is 14.9 Å². The van der Waals surface area contributed by atoms with Gasteiger partial charge in [0.15, 0.2) is 5.16 Å². The Morgan fingerprint density at radius 1 is 1.31 bits per heavy atom. The van der Waals surface area contributed by atoms with E-state index in [1.54, 1.807) is 6.92 Å². The number of thioether (sulfide) groups is 1. The number of hydrogen-bond donors (Lipinski definition) is 2. The summed E-state index contributed by atoms with van der Waals surface area (Å²) in [5.74, 6) is -0.233. The van der Waals surface area contributed by atoms with Gasteiger partial charge in [-0.15, -0.1) is 0 Å². The van der Waals surface area contributed by atoms with E-state index in [0.717, 1.165) is 23.1 Å². The van der Waals surface area contributed by atoms with E-state index in [2.05, 4.69) is 39.8 Å². The second kappa shape index (κ2) is 7.37. The lowest BCUT2D eigenvalue weighted by Gasteiger charge is -2.08. The van der Waals surface area contributed by atoms with Crippen molar-refractivity contribution >= 4 is 34.3 Å². The van der Waals surface area contributed by atoms with Crippen LogP contribution in [0.25, 0.3) is 10.9 Å². The van der Waals surface area contributed by atoms with E-state index >= 15 is 0 Å². The lowest BCUT2D eigenvalue weighted by Crippen LogP contribution is -2.23. The summed E-state index contributed by atoms with van der Waals surface area (Å²) in [4.78, 5) is 31.6. The molecule has 0 unspecified atom stereocenters. The largest absolute Gasteiger partial charge is 0.345 e. The van der Waals surface area contributed by atoms with Crippen molar-refractivity contribution in [1.29, 1.82) is 0 Å². The van der Waals surface area contributed by atoms with Gasteiger partial charge in [-0.25, -0.2) is 4.98 Å². The topological polar surface area (TPSA) is 79.8 Å². The molecule has 0 bridgehead atoms. The summed E-state index contributed by atoms with van der Waals surface area (Å²) in [6.07, 6.45) is 1.84. The van der Waals surface area contributed by atoms with Crippen LogP contribution in [0.1, 0.15) is 23.9 Å². The first kappa shape index (κ1) is 18.3. The Kier molecular flexibility index (Phi) is 5.18. The number of aryl methyl sites for hydroxylation is 3. The number of amides is 1. The van der Waals surface area contributed by atoms with Crippen molar-refractivity contribution < 1.29 is 4.79 Å². The Hall–Kier alpha value is -2.54. The SMILES string of the molecule is CCn1c(C)cc2cc(NC(=O)Cc3c(C)nc(SC)[nH]c3=O)ccc21. The second-order valence-corrected chi connectivity index (χ2v) is 6.96. The first-order chi connectivity index (χ1) is 12.4. The van der Waals surface area contributed by atoms with Gasteiger partial charge in [0.05, 0.1) is 6.42 Å². The van der Waals surface area contributed by atoms with E-state index in [0.29, 0.717) is 16.4 Å². The van der Waals surface area contributed by atoms with Crippen molar-refractivity contribution in [1.82, 2.24) is 14.5 Å². The van der Waals surface area contributed by atoms with Gasteiger partial charge in [0.2, 0.25) is 5.91 Å². The predicted molar refractivity (Wildman–Crippen MR) is 106 cm³/mol. The van der Waals surface area contributed by atoms with Gasteiger partial charge in [0.25, 0.3) is 5.56 Å². The molecule has 7 heteroatoms. The Morgan fingerprint density at radius 3 is 2.73 bits per heavy atom. The van der Waals surface area contributed by atoms with Crippen molar-refractivity contribution in [3.63, 3.8) is 0 Å². The van der Waals surface area contributed by atoms with E-state index in [9.17, 15) is 9.59 Å². The first-order valence-electron chi connectivity index (χ1n) is 8.46. The van der Waals surface area contributed by atoms with E-state index in [-0.39, 0.29) is 17.9 Å². The third kappa shape index (κ3) is 3.53. The van der Waals surface area contributed by atoms with E-state index < -0.39 is 0 Å². The van der Waals surface area contributed by atoms with Crippen LogP contribution in [-0.4, -0.2) is 26.7 Å². The molecule has 0 aliphatic carbocycles. The molecule has 26 heavy (non-hydrogen) atoms. The quantitative estimate of drug-likeness (QED) is 0.534. The van der Waals surface area contributed by atoms with Crippen LogP contribution < -0.4 is 10.9 Å². The highest BCUT2D eigenvalue weighted by molar-refractivity contribution is 7.98. The number of nitrogens with zero attached hydrogens (tertiary/aromatic N) is 2. The number of carbonyl (C=O) groups is 1. The van der Waals surface area contributed by atoms with Crippen LogP contribution in [0.2, 0.25) is 0 Å². The molecule has 0 atom stereocenters. The normalized spacial score (nSPS) is 11.1. The average molecular weight is 370 g/mol. The monoisotopic (exact) mass is 370 g/mol. The fraction of sp³-hybridized carbons (Fsp3) is 0.316. The standard InChI is InChI=1S/C19H22N4O2S/c1-5-23-11(2)8-13-9-14(6-7-16(13)23)21-17(24)10-15-12(3)20-19(26-4)22-18(15)25/h6-9H,5,10H2,1-4H3,(H,21,24)(H,20,22,25). The number of aromatic nitrogens is 3. The lowest BCUT2D eigenvalue weighted by molar-refractivity contribution is -0.115. The molecule has 2 N–H and O–H groups in total. The summed E-state index contributed by atoms with van der Waals surface area (Å²) in [6.45, 7) is 6.84. The minimum absolute atomic E-state index is 0.00410. The van der Waals surface area contributed by atoms with Crippen LogP contribution >= 0.6 is 11.8 Å². The predicted octanol–water partition coefficient (Wildman–Crippen LogP) is 3.26. The maximum Gasteiger partial charge on any atom is 0.255 e. The van der Waals surface area contributed by atoms with E-state index in [1.165, 1.54) is 17.5 Å². The molecule has 0 aliphatic heterocycles. The summed E-state index contributed by atoms with van der Waals surface area (Å²) in [5.41, 5.74) is 3.77. The van der Waals surface area contributed by atoms with Crippen molar-refractivity contribution in [2.24, 2.45) is 0 Å². The molecule has 0 radical (unpaired) electrons. The zero-order valence-electron chi connectivity index (χ0n) is 15.3. The molecule has 0 saturated heterocycles. The summed E-state index contributed by atoms with van der Waals surface area (Å²) in [5, 5.41) is 4.52. The maximum atomic E-state index is 12.4. The molecule has 2 heterocycles. The summed E-state index contributed by atoms with van der Waals surface area (Å²) >= 11 is 1.36. The van der Waals surface area contributed by atoms with Crippen molar-refractivity contribution in [3.8, 4) is 0 Å². The van der Waals surface area contributed by atoms with Gasteiger partial charge in [0, 0.05) is 40.1 Å². The van der Waals surface area contributed by atoms with Gasteiger partial charge in [-0.3, -0.25) is 9.59 Å². The van der Waals surface area contributed by atoms with Gasteiger partial charge >= 0.3 is 0 Å². The number of hydrogen-bond acceptors (Lipinski definition) is 4. The van der Waals surface area contributed by atoms with Gasteiger partial charge in [0.1, 0.15) is 0 Å². The number of aromatic amines is 1. The molecule has 1 amide bonds.